The van der Waals surface area contributed by atoms with Gasteiger partial charge in [0.15, 0.2) is 0 Å². The lowest BCUT2D eigenvalue weighted by Crippen LogP contribution is -2.36. The molecule has 1 aliphatic heterocycles. The summed E-state index contributed by atoms with van der Waals surface area (Å²) in [6.07, 6.45) is 0. The zero-order valence-electron chi connectivity index (χ0n) is 6.64. The molecule has 3 N–H and O–H groups in total. The molecule has 74 valence electrons. The maximum absolute atomic E-state index is 10.6. The quantitative estimate of drug-likeness (QED) is 0.564. The third kappa shape index (κ3) is 1.38. The number of carboxylic acid groups (broad SMARTS) is 2. The Morgan fingerprint density at radius 2 is 1.85 bits per heavy atom. The summed E-state index contributed by atoms with van der Waals surface area (Å²) in [7, 11) is 0. The second-order valence-electron chi connectivity index (χ2n) is 3.33. The summed E-state index contributed by atoms with van der Waals surface area (Å²) in [5.74, 6) is -2.36. The molecule has 1 saturated carbocycles. The zero-order chi connectivity index (χ0) is 8.88. The third-order valence-corrected chi connectivity index (χ3v) is 2.74. The van der Waals surface area contributed by atoms with Crippen molar-refractivity contribution in [2.75, 3.05) is 6.54 Å². The van der Waals surface area contributed by atoms with Crippen LogP contribution in [0.4, 0.5) is 0 Å². The standard InChI is InChI=1S/C7H9NO4.ClH/c9-6(10)4-2-1-8-5(3(2)4)7(11)12;/h2-5,8H,1H2,(H,9,10)(H,11,12);1H/t2-,3+,4-,5-;/m0./s1. The normalized spacial score (nSPS) is 40.3. The molecule has 4 atom stereocenters. The van der Waals surface area contributed by atoms with Gasteiger partial charge >= 0.3 is 11.9 Å². The van der Waals surface area contributed by atoms with E-state index >= 15 is 0 Å². The SMILES string of the molecule is Cl.O=C(O)[C@H]1[C@H]2CN[C@H](C(=O)O)[C@H]21. The van der Waals surface area contributed by atoms with Gasteiger partial charge in [0.05, 0.1) is 5.92 Å². The summed E-state index contributed by atoms with van der Waals surface area (Å²) in [5, 5.41) is 20.1. The minimum absolute atomic E-state index is 0. The van der Waals surface area contributed by atoms with Gasteiger partial charge in [-0.2, -0.15) is 0 Å². The van der Waals surface area contributed by atoms with E-state index in [0.717, 1.165) is 0 Å². The van der Waals surface area contributed by atoms with Crippen molar-refractivity contribution in [1.82, 2.24) is 5.32 Å². The van der Waals surface area contributed by atoms with Crippen molar-refractivity contribution >= 4 is 24.3 Å². The van der Waals surface area contributed by atoms with E-state index in [0.29, 0.717) is 6.54 Å². The Kier molecular flexibility index (Phi) is 2.49. The maximum Gasteiger partial charge on any atom is 0.321 e. The van der Waals surface area contributed by atoms with Crippen LogP contribution in [0.2, 0.25) is 0 Å². The van der Waals surface area contributed by atoms with Crippen LogP contribution in [0.1, 0.15) is 0 Å². The zero-order valence-corrected chi connectivity index (χ0v) is 7.45. The first-order valence-corrected chi connectivity index (χ1v) is 3.82. The molecule has 0 unspecified atom stereocenters. The fraction of sp³-hybridized carbons (Fsp3) is 0.714. The highest BCUT2D eigenvalue weighted by molar-refractivity contribution is 5.85. The lowest BCUT2D eigenvalue weighted by atomic mass is 10.1. The molecule has 0 aromatic rings. The van der Waals surface area contributed by atoms with E-state index in [1.54, 1.807) is 0 Å². The second-order valence-corrected chi connectivity index (χ2v) is 3.33. The molecular weight excluding hydrogens is 198 g/mol. The minimum Gasteiger partial charge on any atom is -0.481 e. The first-order valence-electron chi connectivity index (χ1n) is 3.82. The molecule has 6 heteroatoms. The molecule has 13 heavy (non-hydrogen) atoms. The van der Waals surface area contributed by atoms with Crippen LogP contribution in [0.5, 0.6) is 0 Å². The lowest BCUT2D eigenvalue weighted by Gasteiger charge is -2.08. The van der Waals surface area contributed by atoms with E-state index < -0.39 is 23.9 Å². The molecular formula is C7H10ClNO4. The van der Waals surface area contributed by atoms with Crippen molar-refractivity contribution in [2.45, 2.75) is 6.04 Å². The number of carboxylic acids is 2. The predicted molar refractivity (Wildman–Crippen MR) is 44.8 cm³/mol. The molecule has 2 rings (SSSR count). The lowest BCUT2D eigenvalue weighted by molar-refractivity contribution is -0.141. The Bertz CT molecular complexity index is 257. The van der Waals surface area contributed by atoms with Crippen LogP contribution in [0.3, 0.4) is 0 Å². The van der Waals surface area contributed by atoms with E-state index in [2.05, 4.69) is 5.32 Å². The van der Waals surface area contributed by atoms with Crippen molar-refractivity contribution in [3.63, 3.8) is 0 Å². The fourth-order valence-electron chi connectivity index (χ4n) is 2.12. The maximum atomic E-state index is 10.6. The highest BCUT2D eigenvalue weighted by Gasteiger charge is 2.63. The second kappa shape index (κ2) is 3.16. The van der Waals surface area contributed by atoms with Gasteiger partial charge in [0.25, 0.3) is 0 Å². The van der Waals surface area contributed by atoms with E-state index in [4.69, 9.17) is 10.2 Å². The summed E-state index contributed by atoms with van der Waals surface area (Å²) in [6, 6.07) is -0.643. The van der Waals surface area contributed by atoms with Crippen molar-refractivity contribution in [3.8, 4) is 0 Å². The summed E-state index contributed by atoms with van der Waals surface area (Å²) in [6.45, 7) is 0.526. The number of piperidine rings is 1. The summed E-state index contributed by atoms with van der Waals surface area (Å²) in [4.78, 5) is 21.1. The molecule has 1 saturated heterocycles. The van der Waals surface area contributed by atoms with Crippen LogP contribution >= 0.6 is 12.4 Å². The number of fused-ring (bicyclic) bond motifs is 1. The van der Waals surface area contributed by atoms with Crippen LogP contribution in [-0.2, 0) is 9.59 Å². The van der Waals surface area contributed by atoms with Crippen molar-refractivity contribution in [3.05, 3.63) is 0 Å². The molecule has 1 heterocycles. The van der Waals surface area contributed by atoms with Crippen molar-refractivity contribution in [1.29, 1.82) is 0 Å². The van der Waals surface area contributed by atoms with Crippen molar-refractivity contribution in [2.24, 2.45) is 17.8 Å². The van der Waals surface area contributed by atoms with Crippen molar-refractivity contribution < 1.29 is 19.8 Å². The van der Waals surface area contributed by atoms with Gasteiger partial charge < -0.3 is 15.5 Å². The Hall–Kier alpha value is -0.810. The number of hydrogen-bond acceptors (Lipinski definition) is 3. The predicted octanol–water partition coefficient (Wildman–Crippen LogP) is -0.589. The van der Waals surface area contributed by atoms with Crippen LogP contribution in [0.15, 0.2) is 0 Å². The van der Waals surface area contributed by atoms with Crippen LogP contribution in [0, 0.1) is 17.8 Å². The van der Waals surface area contributed by atoms with Gasteiger partial charge in [-0.15, -0.1) is 12.4 Å². The average Bonchev–Trinajstić information content (AvgIpc) is 2.52. The Balaban J connectivity index is 0.000000845. The first-order chi connectivity index (χ1) is 5.63. The number of rotatable bonds is 2. The molecule has 0 radical (unpaired) electrons. The van der Waals surface area contributed by atoms with Gasteiger partial charge in [0.2, 0.25) is 0 Å². The van der Waals surface area contributed by atoms with Gasteiger partial charge in [0, 0.05) is 5.92 Å². The Labute approximate surface area is 80.5 Å². The summed E-state index contributed by atoms with van der Waals surface area (Å²) in [5.41, 5.74) is 0. The van der Waals surface area contributed by atoms with Crippen LogP contribution < -0.4 is 5.32 Å². The fourth-order valence-corrected chi connectivity index (χ4v) is 2.12. The Morgan fingerprint density at radius 1 is 1.23 bits per heavy atom. The van der Waals surface area contributed by atoms with Gasteiger partial charge in [-0.25, -0.2) is 0 Å². The van der Waals surface area contributed by atoms with E-state index in [1.807, 2.05) is 0 Å². The molecule has 0 aromatic heterocycles. The average molecular weight is 208 g/mol. The molecule has 1 aliphatic carbocycles. The molecule has 5 nitrogen and oxygen atoms in total. The molecule has 0 bridgehead atoms. The minimum atomic E-state index is -0.939. The molecule has 0 spiro atoms. The van der Waals surface area contributed by atoms with E-state index in [-0.39, 0.29) is 24.2 Å². The monoisotopic (exact) mass is 207 g/mol. The van der Waals surface area contributed by atoms with E-state index in [9.17, 15) is 9.59 Å². The third-order valence-electron chi connectivity index (χ3n) is 2.74. The molecule has 2 fully saturated rings. The number of halogens is 1. The number of nitrogens with one attached hydrogen (secondary N) is 1. The first kappa shape index (κ1) is 10.3. The van der Waals surface area contributed by atoms with Gasteiger partial charge in [-0.1, -0.05) is 0 Å². The number of carbonyl (C=O) groups is 2. The number of aliphatic carboxylic acids is 2. The highest BCUT2D eigenvalue weighted by atomic mass is 35.5. The smallest absolute Gasteiger partial charge is 0.321 e. The largest absolute Gasteiger partial charge is 0.481 e. The van der Waals surface area contributed by atoms with Gasteiger partial charge in [0.1, 0.15) is 6.04 Å². The van der Waals surface area contributed by atoms with Crippen LogP contribution in [0.25, 0.3) is 0 Å². The molecule has 2 aliphatic rings. The summed E-state index contributed by atoms with van der Waals surface area (Å²) < 4.78 is 0. The Morgan fingerprint density at radius 3 is 2.23 bits per heavy atom. The summed E-state index contributed by atoms with van der Waals surface area (Å²) >= 11 is 0. The topological polar surface area (TPSA) is 86.6 Å². The molecule has 0 aromatic carbocycles. The number of hydrogen-bond donors (Lipinski definition) is 3. The van der Waals surface area contributed by atoms with Crippen LogP contribution in [-0.4, -0.2) is 34.7 Å². The van der Waals surface area contributed by atoms with E-state index in [1.165, 1.54) is 0 Å². The van der Waals surface area contributed by atoms with Gasteiger partial charge in [-0.3, -0.25) is 9.59 Å². The highest BCUT2D eigenvalue weighted by Crippen LogP contribution is 2.51. The van der Waals surface area contributed by atoms with Gasteiger partial charge in [-0.05, 0) is 12.5 Å². The molecule has 0 amide bonds.